The van der Waals surface area contributed by atoms with Crippen LogP contribution in [0.1, 0.15) is 29.5 Å². The van der Waals surface area contributed by atoms with Crippen molar-refractivity contribution in [3.05, 3.63) is 108 Å². The summed E-state index contributed by atoms with van der Waals surface area (Å²) in [6, 6.07) is 30.8. The summed E-state index contributed by atoms with van der Waals surface area (Å²) in [7, 11) is 0. The molecule has 3 heteroatoms. The van der Waals surface area contributed by atoms with Gasteiger partial charge in [0.15, 0.2) is 0 Å². The smallest absolute Gasteiger partial charge is 0.143 e. The van der Waals surface area contributed by atoms with E-state index in [2.05, 4.69) is 36.4 Å². The van der Waals surface area contributed by atoms with Gasteiger partial charge in [-0.3, -0.25) is 0 Å². The van der Waals surface area contributed by atoms with E-state index in [9.17, 15) is 5.11 Å². The molecule has 3 aromatic carbocycles. The second kappa shape index (κ2) is 8.70. The number of aliphatic hydroxyl groups is 1. The molecule has 3 nitrogen and oxygen atoms in total. The molecule has 0 radical (unpaired) electrons. The first-order chi connectivity index (χ1) is 13.8. The van der Waals surface area contributed by atoms with Gasteiger partial charge in [-0.05, 0) is 29.5 Å². The summed E-state index contributed by atoms with van der Waals surface area (Å²) < 4.78 is 12.5. The lowest BCUT2D eigenvalue weighted by atomic mass is 9.80. The molecule has 0 saturated carbocycles. The highest BCUT2D eigenvalue weighted by molar-refractivity contribution is 5.47. The molecule has 1 N–H and O–H groups in total. The first-order valence-corrected chi connectivity index (χ1v) is 9.91. The summed E-state index contributed by atoms with van der Waals surface area (Å²) in [4.78, 5) is 0. The molecule has 1 aliphatic heterocycles. The van der Waals surface area contributed by atoms with Crippen molar-refractivity contribution in [2.75, 3.05) is 13.2 Å². The van der Waals surface area contributed by atoms with Gasteiger partial charge in [0, 0.05) is 6.61 Å². The van der Waals surface area contributed by atoms with Gasteiger partial charge in [0.25, 0.3) is 0 Å². The number of aliphatic hydroxyl groups excluding tert-OH is 1. The van der Waals surface area contributed by atoms with Crippen molar-refractivity contribution in [2.45, 2.75) is 30.7 Å². The molecule has 4 rings (SSSR count). The van der Waals surface area contributed by atoms with Crippen LogP contribution in [0.25, 0.3) is 0 Å². The lowest BCUT2D eigenvalue weighted by Crippen LogP contribution is -2.42. The Morgan fingerprint density at radius 1 is 0.786 bits per heavy atom. The number of rotatable bonds is 6. The summed E-state index contributed by atoms with van der Waals surface area (Å²) >= 11 is 0. The van der Waals surface area contributed by atoms with E-state index in [1.165, 1.54) is 0 Å². The fourth-order valence-electron chi connectivity index (χ4n) is 3.96. The van der Waals surface area contributed by atoms with Crippen molar-refractivity contribution < 1.29 is 14.6 Å². The van der Waals surface area contributed by atoms with Crippen LogP contribution in [-0.4, -0.2) is 30.5 Å². The predicted octanol–water partition coefficient (Wildman–Crippen LogP) is 4.54. The predicted molar refractivity (Wildman–Crippen MR) is 110 cm³/mol. The van der Waals surface area contributed by atoms with Crippen molar-refractivity contribution >= 4 is 0 Å². The Morgan fingerprint density at radius 3 is 1.68 bits per heavy atom. The number of hydrogen-bond acceptors (Lipinski definition) is 3. The molecule has 2 atom stereocenters. The Kier molecular flexibility index (Phi) is 5.87. The number of benzene rings is 3. The second-order valence-electron chi connectivity index (χ2n) is 7.21. The lowest BCUT2D eigenvalue weighted by Gasteiger charge is -2.38. The van der Waals surface area contributed by atoms with Crippen LogP contribution in [-0.2, 0) is 15.1 Å². The first-order valence-electron chi connectivity index (χ1n) is 9.91. The molecule has 0 unspecified atom stereocenters. The zero-order valence-electron chi connectivity index (χ0n) is 15.9. The van der Waals surface area contributed by atoms with Gasteiger partial charge in [-0.25, -0.2) is 0 Å². The maximum Gasteiger partial charge on any atom is 0.143 e. The second-order valence-corrected chi connectivity index (χ2v) is 7.21. The third-order valence-corrected chi connectivity index (χ3v) is 5.41. The number of hydrogen-bond donors (Lipinski definition) is 1. The normalized spacial score (nSPS) is 20.0. The Bertz CT molecular complexity index is 752. The van der Waals surface area contributed by atoms with Gasteiger partial charge in [0.2, 0.25) is 0 Å². The van der Waals surface area contributed by atoms with E-state index in [1.54, 1.807) is 0 Å². The molecule has 28 heavy (non-hydrogen) atoms. The van der Waals surface area contributed by atoms with Gasteiger partial charge in [-0.1, -0.05) is 91.0 Å². The van der Waals surface area contributed by atoms with Crippen LogP contribution >= 0.6 is 0 Å². The standard InChI is InChI=1S/C25H26O3/c26-23-17-10-18-27-24(23)19-28-25(20-11-4-1-5-12-20,21-13-6-2-7-14-21)22-15-8-3-9-16-22/h1-9,11-16,23-24,26H,10,17-19H2/t23-,24+/m0/s1. The van der Waals surface area contributed by atoms with Gasteiger partial charge < -0.3 is 14.6 Å². The topological polar surface area (TPSA) is 38.7 Å². The van der Waals surface area contributed by atoms with E-state index in [1.807, 2.05) is 54.6 Å². The van der Waals surface area contributed by atoms with Crippen LogP contribution in [0.5, 0.6) is 0 Å². The van der Waals surface area contributed by atoms with E-state index in [0.717, 1.165) is 29.5 Å². The molecular weight excluding hydrogens is 348 g/mol. The highest BCUT2D eigenvalue weighted by Crippen LogP contribution is 2.40. The minimum absolute atomic E-state index is 0.315. The van der Waals surface area contributed by atoms with Gasteiger partial charge >= 0.3 is 0 Å². The van der Waals surface area contributed by atoms with Crippen molar-refractivity contribution in [3.8, 4) is 0 Å². The Balaban J connectivity index is 1.81. The van der Waals surface area contributed by atoms with Crippen molar-refractivity contribution in [3.63, 3.8) is 0 Å². The van der Waals surface area contributed by atoms with E-state index in [-0.39, 0.29) is 6.10 Å². The molecule has 0 aromatic heterocycles. The summed E-state index contributed by atoms with van der Waals surface area (Å²) in [6.07, 6.45) is 0.833. The van der Waals surface area contributed by atoms with Crippen LogP contribution in [0, 0.1) is 0 Å². The summed E-state index contributed by atoms with van der Waals surface area (Å²) in [6.45, 7) is 0.986. The van der Waals surface area contributed by atoms with Gasteiger partial charge in [0.1, 0.15) is 11.7 Å². The number of ether oxygens (including phenoxy) is 2. The van der Waals surface area contributed by atoms with Crippen LogP contribution in [0.2, 0.25) is 0 Å². The minimum Gasteiger partial charge on any atom is -0.390 e. The van der Waals surface area contributed by atoms with E-state index >= 15 is 0 Å². The average molecular weight is 374 g/mol. The van der Waals surface area contributed by atoms with Crippen molar-refractivity contribution in [1.82, 2.24) is 0 Å². The van der Waals surface area contributed by atoms with Crippen LogP contribution in [0.15, 0.2) is 91.0 Å². The summed E-state index contributed by atoms with van der Waals surface area (Å²) in [5.74, 6) is 0. The zero-order valence-corrected chi connectivity index (χ0v) is 15.9. The highest BCUT2D eigenvalue weighted by Gasteiger charge is 2.39. The van der Waals surface area contributed by atoms with Gasteiger partial charge in [-0.15, -0.1) is 0 Å². The third kappa shape index (κ3) is 3.74. The average Bonchev–Trinajstić information content (AvgIpc) is 2.78. The van der Waals surface area contributed by atoms with Crippen LogP contribution < -0.4 is 0 Å². The molecule has 3 aromatic rings. The molecular formula is C25H26O3. The van der Waals surface area contributed by atoms with Crippen LogP contribution in [0.4, 0.5) is 0 Å². The Hall–Kier alpha value is -2.46. The largest absolute Gasteiger partial charge is 0.390 e. The summed E-state index contributed by atoms with van der Waals surface area (Å²) in [5, 5.41) is 10.4. The third-order valence-electron chi connectivity index (χ3n) is 5.41. The Morgan fingerprint density at radius 2 is 1.25 bits per heavy atom. The van der Waals surface area contributed by atoms with Crippen molar-refractivity contribution in [1.29, 1.82) is 0 Å². The zero-order chi connectivity index (χ0) is 19.2. The first kappa shape index (κ1) is 18.9. The lowest BCUT2D eigenvalue weighted by molar-refractivity contribution is -0.128. The molecule has 0 bridgehead atoms. The molecule has 1 saturated heterocycles. The quantitative estimate of drug-likeness (QED) is 0.644. The van der Waals surface area contributed by atoms with E-state index < -0.39 is 11.7 Å². The van der Waals surface area contributed by atoms with E-state index in [0.29, 0.717) is 13.2 Å². The van der Waals surface area contributed by atoms with Crippen molar-refractivity contribution in [2.24, 2.45) is 0 Å². The molecule has 0 spiro atoms. The molecule has 0 aliphatic carbocycles. The molecule has 144 valence electrons. The molecule has 1 heterocycles. The maximum atomic E-state index is 10.4. The Labute approximate surface area is 166 Å². The maximum absolute atomic E-state index is 10.4. The molecule has 1 fully saturated rings. The van der Waals surface area contributed by atoms with E-state index in [4.69, 9.17) is 9.47 Å². The SMILES string of the molecule is O[C@H]1CCCO[C@@H]1COC(c1ccccc1)(c1ccccc1)c1ccccc1. The summed E-state index contributed by atoms with van der Waals surface area (Å²) in [5.41, 5.74) is 2.39. The monoisotopic (exact) mass is 374 g/mol. The fraction of sp³-hybridized carbons (Fsp3) is 0.280. The highest BCUT2D eigenvalue weighted by atomic mass is 16.6. The fourth-order valence-corrected chi connectivity index (χ4v) is 3.96. The molecule has 0 amide bonds. The van der Waals surface area contributed by atoms with Crippen LogP contribution in [0.3, 0.4) is 0 Å². The van der Waals surface area contributed by atoms with Gasteiger partial charge in [0.05, 0.1) is 12.7 Å². The molecule has 1 aliphatic rings. The van der Waals surface area contributed by atoms with Gasteiger partial charge in [-0.2, -0.15) is 0 Å². The minimum atomic E-state index is -0.774.